The molecule has 0 aliphatic rings. The summed E-state index contributed by atoms with van der Waals surface area (Å²) in [5, 5.41) is 0. The maximum atomic E-state index is 13.8. The van der Waals surface area contributed by atoms with Gasteiger partial charge in [-0.15, -0.1) is 0 Å². The molecule has 1 aromatic rings. The summed E-state index contributed by atoms with van der Waals surface area (Å²) in [6.07, 6.45) is 0. The standard InChI is InChI=1S/C13H18FN3O2S/c1-10(2)17(3)20(18,19)16-13-7-6-11(5-4-8-15)9-12(13)14/h6-7,9-10,16H,8,15H2,1-3H3. The molecule has 0 bridgehead atoms. The van der Waals surface area contributed by atoms with Crippen molar-refractivity contribution in [1.29, 1.82) is 0 Å². The normalized spacial score (nSPS) is 11.3. The van der Waals surface area contributed by atoms with Crippen molar-refractivity contribution in [3.63, 3.8) is 0 Å². The first-order valence-electron chi connectivity index (χ1n) is 6.02. The topological polar surface area (TPSA) is 75.4 Å². The Kier molecular flexibility index (Phi) is 5.51. The number of nitrogens with two attached hydrogens (primary N) is 1. The SMILES string of the molecule is CC(C)N(C)S(=O)(=O)Nc1ccc(C#CCN)cc1F. The monoisotopic (exact) mass is 299 g/mol. The van der Waals surface area contributed by atoms with Gasteiger partial charge in [0.05, 0.1) is 12.2 Å². The van der Waals surface area contributed by atoms with E-state index in [9.17, 15) is 12.8 Å². The molecule has 0 saturated carbocycles. The second-order valence-electron chi connectivity index (χ2n) is 4.42. The maximum Gasteiger partial charge on any atom is 0.301 e. The number of hydrogen-bond acceptors (Lipinski definition) is 3. The van der Waals surface area contributed by atoms with Crippen LogP contribution in [0.15, 0.2) is 18.2 Å². The minimum Gasteiger partial charge on any atom is -0.320 e. The van der Waals surface area contributed by atoms with Crippen molar-refractivity contribution < 1.29 is 12.8 Å². The Morgan fingerprint density at radius 1 is 1.45 bits per heavy atom. The molecule has 7 heteroatoms. The summed E-state index contributed by atoms with van der Waals surface area (Å²) in [5.41, 5.74) is 5.55. The average Bonchev–Trinajstić information content (AvgIpc) is 2.38. The fourth-order valence-electron chi connectivity index (χ4n) is 1.32. The van der Waals surface area contributed by atoms with E-state index in [0.29, 0.717) is 5.56 Å². The van der Waals surface area contributed by atoms with Gasteiger partial charge in [0.2, 0.25) is 0 Å². The number of anilines is 1. The van der Waals surface area contributed by atoms with Crippen molar-refractivity contribution in [2.24, 2.45) is 5.73 Å². The van der Waals surface area contributed by atoms with E-state index in [0.717, 1.165) is 10.4 Å². The lowest BCUT2D eigenvalue weighted by atomic mass is 10.2. The molecule has 5 nitrogen and oxygen atoms in total. The van der Waals surface area contributed by atoms with Crippen molar-refractivity contribution in [3.05, 3.63) is 29.6 Å². The molecule has 0 saturated heterocycles. The van der Waals surface area contributed by atoms with Gasteiger partial charge in [-0.3, -0.25) is 4.72 Å². The Hall–Kier alpha value is -1.62. The van der Waals surface area contributed by atoms with Gasteiger partial charge in [0.25, 0.3) is 0 Å². The zero-order valence-corrected chi connectivity index (χ0v) is 12.5. The average molecular weight is 299 g/mol. The Bertz CT molecular complexity index is 633. The Morgan fingerprint density at radius 3 is 2.60 bits per heavy atom. The molecule has 0 amide bonds. The molecule has 0 heterocycles. The smallest absolute Gasteiger partial charge is 0.301 e. The van der Waals surface area contributed by atoms with Gasteiger partial charge in [-0.1, -0.05) is 11.8 Å². The van der Waals surface area contributed by atoms with Gasteiger partial charge in [-0.05, 0) is 32.0 Å². The zero-order chi connectivity index (χ0) is 15.3. The van der Waals surface area contributed by atoms with Crippen molar-refractivity contribution in [1.82, 2.24) is 4.31 Å². The Labute approximate surface area is 119 Å². The van der Waals surface area contributed by atoms with Gasteiger partial charge in [-0.2, -0.15) is 12.7 Å². The molecule has 0 atom stereocenters. The van der Waals surface area contributed by atoms with E-state index in [4.69, 9.17) is 5.73 Å². The van der Waals surface area contributed by atoms with Gasteiger partial charge < -0.3 is 5.73 Å². The van der Waals surface area contributed by atoms with E-state index in [1.807, 2.05) is 0 Å². The third kappa shape index (κ3) is 4.20. The largest absolute Gasteiger partial charge is 0.320 e. The molecule has 3 N–H and O–H groups in total. The third-order valence-corrected chi connectivity index (χ3v) is 4.31. The second kappa shape index (κ2) is 6.70. The van der Waals surface area contributed by atoms with Crippen LogP contribution in [-0.2, 0) is 10.2 Å². The quantitative estimate of drug-likeness (QED) is 0.818. The van der Waals surface area contributed by atoms with Crippen LogP contribution in [0.5, 0.6) is 0 Å². The number of hydrogen-bond donors (Lipinski definition) is 2. The molecule has 20 heavy (non-hydrogen) atoms. The van der Waals surface area contributed by atoms with Crippen LogP contribution < -0.4 is 10.5 Å². The lowest BCUT2D eigenvalue weighted by molar-refractivity contribution is 0.414. The molecule has 110 valence electrons. The first-order valence-corrected chi connectivity index (χ1v) is 7.46. The molecule has 0 aliphatic heterocycles. The highest BCUT2D eigenvalue weighted by atomic mass is 32.2. The first kappa shape index (κ1) is 16.4. The number of nitrogens with one attached hydrogen (secondary N) is 1. The number of rotatable bonds is 4. The number of benzene rings is 1. The third-order valence-electron chi connectivity index (χ3n) is 2.65. The fourth-order valence-corrected chi connectivity index (χ4v) is 2.46. The second-order valence-corrected chi connectivity index (χ2v) is 6.15. The van der Waals surface area contributed by atoms with Crippen LogP contribution in [0.1, 0.15) is 19.4 Å². The summed E-state index contributed by atoms with van der Waals surface area (Å²) >= 11 is 0. The molecule has 0 aliphatic carbocycles. The molecule has 0 unspecified atom stereocenters. The van der Waals surface area contributed by atoms with E-state index in [-0.39, 0.29) is 18.3 Å². The molecule has 0 spiro atoms. The summed E-state index contributed by atoms with van der Waals surface area (Å²) < 4.78 is 41.1. The van der Waals surface area contributed by atoms with Crippen LogP contribution in [-0.4, -0.2) is 32.4 Å². The van der Waals surface area contributed by atoms with Gasteiger partial charge in [0, 0.05) is 18.7 Å². The zero-order valence-electron chi connectivity index (χ0n) is 11.6. The van der Waals surface area contributed by atoms with E-state index in [2.05, 4.69) is 16.6 Å². The minimum absolute atomic E-state index is 0.115. The number of halogens is 1. The van der Waals surface area contributed by atoms with Gasteiger partial charge in [0.15, 0.2) is 0 Å². The predicted octanol–water partition coefficient (Wildman–Crippen LogP) is 1.13. The summed E-state index contributed by atoms with van der Waals surface area (Å²) in [4.78, 5) is 0. The van der Waals surface area contributed by atoms with Crippen molar-refractivity contribution in [2.75, 3.05) is 18.3 Å². The summed E-state index contributed by atoms with van der Waals surface area (Å²) in [6.45, 7) is 3.62. The molecular formula is C13H18FN3O2S. The van der Waals surface area contributed by atoms with E-state index in [1.165, 1.54) is 19.2 Å². The lowest BCUT2D eigenvalue weighted by Crippen LogP contribution is -2.37. The molecule has 1 aromatic carbocycles. The fraction of sp³-hybridized carbons (Fsp3) is 0.385. The van der Waals surface area contributed by atoms with Crippen LogP contribution in [0, 0.1) is 17.7 Å². The molecule has 0 radical (unpaired) electrons. The van der Waals surface area contributed by atoms with E-state index in [1.54, 1.807) is 13.8 Å². The van der Waals surface area contributed by atoms with Crippen molar-refractivity contribution >= 4 is 15.9 Å². The van der Waals surface area contributed by atoms with Crippen LogP contribution >= 0.6 is 0 Å². The van der Waals surface area contributed by atoms with Gasteiger partial charge in [0.1, 0.15) is 5.82 Å². The summed E-state index contributed by atoms with van der Waals surface area (Å²) in [7, 11) is -2.35. The summed E-state index contributed by atoms with van der Waals surface area (Å²) in [6, 6.07) is 3.79. The number of nitrogens with zero attached hydrogens (tertiary/aromatic N) is 1. The Morgan fingerprint density at radius 2 is 2.10 bits per heavy atom. The van der Waals surface area contributed by atoms with Crippen LogP contribution in [0.25, 0.3) is 0 Å². The molecule has 0 aromatic heterocycles. The highest BCUT2D eigenvalue weighted by Crippen LogP contribution is 2.18. The van der Waals surface area contributed by atoms with Crippen molar-refractivity contribution in [2.45, 2.75) is 19.9 Å². The highest BCUT2D eigenvalue weighted by molar-refractivity contribution is 7.90. The molecule has 0 fully saturated rings. The first-order chi connectivity index (χ1) is 9.27. The molecule has 1 rings (SSSR count). The lowest BCUT2D eigenvalue weighted by Gasteiger charge is -2.21. The van der Waals surface area contributed by atoms with Crippen LogP contribution in [0.4, 0.5) is 10.1 Å². The maximum absolute atomic E-state index is 13.8. The van der Waals surface area contributed by atoms with Crippen LogP contribution in [0.2, 0.25) is 0 Å². The van der Waals surface area contributed by atoms with Gasteiger partial charge in [-0.25, -0.2) is 4.39 Å². The van der Waals surface area contributed by atoms with E-state index >= 15 is 0 Å². The van der Waals surface area contributed by atoms with Crippen molar-refractivity contribution in [3.8, 4) is 11.8 Å². The minimum atomic E-state index is -3.78. The summed E-state index contributed by atoms with van der Waals surface area (Å²) in [5.74, 6) is 4.58. The van der Waals surface area contributed by atoms with E-state index < -0.39 is 16.0 Å². The van der Waals surface area contributed by atoms with Crippen LogP contribution in [0.3, 0.4) is 0 Å². The Balaban J connectivity index is 3.00. The molecular weight excluding hydrogens is 281 g/mol. The van der Waals surface area contributed by atoms with Gasteiger partial charge >= 0.3 is 10.2 Å². The highest BCUT2D eigenvalue weighted by Gasteiger charge is 2.21. The predicted molar refractivity (Wildman–Crippen MR) is 77.8 cm³/mol.